The van der Waals surface area contributed by atoms with Crippen molar-refractivity contribution in [3.8, 4) is 0 Å². The molecule has 0 amide bonds. The van der Waals surface area contributed by atoms with Crippen LogP contribution in [0, 0.1) is 5.92 Å². The zero-order valence-corrected chi connectivity index (χ0v) is 20.9. The molecule has 2 unspecified atom stereocenters. The number of benzene rings is 2. The van der Waals surface area contributed by atoms with E-state index < -0.39 is 0 Å². The molecule has 2 aromatic carbocycles. The van der Waals surface area contributed by atoms with Crippen LogP contribution in [0.4, 0.5) is 0 Å². The van der Waals surface area contributed by atoms with Gasteiger partial charge in [0.1, 0.15) is 0 Å². The topological polar surface area (TPSA) is 40.5 Å². The normalized spacial score (nSPS) is 30.7. The first kappa shape index (κ1) is 24.4. The lowest BCUT2D eigenvalue weighted by Crippen LogP contribution is -2.20. The highest BCUT2D eigenvalue weighted by molar-refractivity contribution is 8.18. The number of thioether (sulfide) groups is 4. The van der Waals surface area contributed by atoms with Crippen LogP contribution in [0.2, 0.25) is 0 Å². The summed E-state index contributed by atoms with van der Waals surface area (Å²) in [5.41, 5.74) is 0. The molecule has 2 nitrogen and oxygen atoms in total. The van der Waals surface area contributed by atoms with Crippen LogP contribution < -0.4 is 0 Å². The molecule has 2 fully saturated rings. The molecular weight excluding hydrogens is 449 g/mol. The zero-order valence-electron chi connectivity index (χ0n) is 17.6. The maximum absolute atomic E-state index is 9.64. The van der Waals surface area contributed by atoms with Crippen LogP contribution >= 0.6 is 47.0 Å². The molecule has 2 aliphatic heterocycles. The van der Waals surface area contributed by atoms with Gasteiger partial charge >= 0.3 is 0 Å². The Hall–Kier alpha value is -0.240. The quantitative estimate of drug-likeness (QED) is 0.484. The largest absolute Gasteiger partial charge is 0.395 e. The molecule has 0 aliphatic carbocycles. The van der Waals surface area contributed by atoms with E-state index in [1.165, 1.54) is 22.6 Å². The summed E-state index contributed by atoms with van der Waals surface area (Å²) in [5, 5.41) is 19.5. The summed E-state index contributed by atoms with van der Waals surface area (Å²) in [5.74, 6) is 0.890. The molecule has 2 aromatic rings. The molecule has 6 heteroatoms. The Balaban J connectivity index is 0.000000171. The molecule has 164 valence electrons. The molecular formula is C24H32O2S4. The first-order valence-corrected chi connectivity index (χ1v) is 14.3. The van der Waals surface area contributed by atoms with Crippen molar-refractivity contribution < 1.29 is 10.2 Å². The first-order chi connectivity index (χ1) is 14.6. The van der Waals surface area contributed by atoms with Crippen LogP contribution in [0.3, 0.4) is 0 Å². The van der Waals surface area contributed by atoms with Crippen molar-refractivity contribution in [2.45, 2.75) is 68.7 Å². The predicted molar refractivity (Wildman–Crippen MR) is 137 cm³/mol. The monoisotopic (exact) mass is 480 g/mol. The van der Waals surface area contributed by atoms with Crippen molar-refractivity contribution in [2.24, 2.45) is 5.92 Å². The molecule has 2 aliphatic rings. The van der Waals surface area contributed by atoms with Crippen molar-refractivity contribution in [1.82, 2.24) is 0 Å². The summed E-state index contributed by atoms with van der Waals surface area (Å²) in [6.07, 6.45) is 3.08. The van der Waals surface area contributed by atoms with E-state index in [1.807, 2.05) is 30.0 Å². The second-order valence-electron chi connectivity index (χ2n) is 7.68. The number of aliphatic hydroxyl groups is 2. The van der Waals surface area contributed by atoms with Gasteiger partial charge in [0.05, 0.1) is 27.1 Å². The maximum atomic E-state index is 9.64. The first-order valence-electron chi connectivity index (χ1n) is 10.6. The van der Waals surface area contributed by atoms with E-state index in [0.29, 0.717) is 4.58 Å². The highest BCUT2D eigenvalue weighted by Crippen LogP contribution is 2.47. The second-order valence-corrected chi connectivity index (χ2v) is 13.7. The lowest BCUT2D eigenvalue weighted by Gasteiger charge is -2.10. The summed E-state index contributed by atoms with van der Waals surface area (Å²) in [4.78, 5) is 2.64. The molecule has 6 atom stereocenters. The van der Waals surface area contributed by atoms with Crippen molar-refractivity contribution >= 4 is 47.0 Å². The minimum atomic E-state index is -0.360. The van der Waals surface area contributed by atoms with Gasteiger partial charge in [0.25, 0.3) is 0 Å². The third-order valence-corrected chi connectivity index (χ3v) is 11.5. The standard InChI is InChI=1S/C13H18S2.C11H14O2S2/c1-3-12-10(2)9-13(15-12)14-11-7-5-4-6-8-11;12-7-10-9(13)6-11(15-10)14-8-4-2-1-3-5-8/h4-8,10,12-13H,3,9H2,1-2H3;1-5,9-13H,6-7H2/t10-,12+,13?;9-,10+,11?/m00/s1. The SMILES string of the molecule is CC[C@H]1SC(Sc2ccccc2)C[C@@H]1C.OC[C@H]1SC(Sc2ccccc2)C[C@@H]1O. The Kier molecular flexibility index (Phi) is 10.3. The summed E-state index contributed by atoms with van der Waals surface area (Å²) >= 11 is 7.66. The average Bonchev–Trinajstić information content (AvgIpc) is 3.30. The van der Waals surface area contributed by atoms with E-state index >= 15 is 0 Å². The van der Waals surface area contributed by atoms with Crippen LogP contribution in [-0.2, 0) is 0 Å². The maximum Gasteiger partial charge on any atom is 0.0700 e. The average molecular weight is 481 g/mol. The van der Waals surface area contributed by atoms with Crippen molar-refractivity contribution in [3.05, 3.63) is 60.7 Å². The lowest BCUT2D eigenvalue weighted by molar-refractivity contribution is 0.144. The summed E-state index contributed by atoms with van der Waals surface area (Å²) < 4.78 is 1.13. The van der Waals surface area contributed by atoms with Gasteiger partial charge in [-0.25, -0.2) is 0 Å². The Morgan fingerprint density at radius 2 is 1.33 bits per heavy atom. The summed E-state index contributed by atoms with van der Waals surface area (Å²) in [7, 11) is 0. The number of hydrogen-bond donors (Lipinski definition) is 2. The summed E-state index contributed by atoms with van der Waals surface area (Å²) in [6, 6.07) is 21.0. The van der Waals surface area contributed by atoms with E-state index in [1.54, 1.807) is 23.5 Å². The van der Waals surface area contributed by atoms with E-state index in [9.17, 15) is 5.11 Å². The van der Waals surface area contributed by atoms with Crippen LogP contribution in [0.1, 0.15) is 33.1 Å². The zero-order chi connectivity index (χ0) is 21.3. The van der Waals surface area contributed by atoms with Crippen LogP contribution in [0.15, 0.2) is 70.5 Å². The second kappa shape index (κ2) is 12.7. The predicted octanol–water partition coefficient (Wildman–Crippen LogP) is 6.62. The van der Waals surface area contributed by atoms with Crippen molar-refractivity contribution in [2.75, 3.05) is 6.61 Å². The Morgan fingerprint density at radius 3 is 1.77 bits per heavy atom. The highest BCUT2D eigenvalue weighted by Gasteiger charge is 2.33. The smallest absolute Gasteiger partial charge is 0.0700 e. The molecule has 0 saturated carbocycles. The van der Waals surface area contributed by atoms with E-state index in [-0.39, 0.29) is 18.0 Å². The van der Waals surface area contributed by atoms with Gasteiger partial charge < -0.3 is 10.2 Å². The third-order valence-electron chi connectivity index (χ3n) is 5.32. The molecule has 2 N–H and O–H groups in total. The van der Waals surface area contributed by atoms with Crippen LogP contribution in [-0.4, -0.2) is 42.6 Å². The molecule has 0 spiro atoms. The van der Waals surface area contributed by atoms with Gasteiger partial charge in [-0.3, -0.25) is 0 Å². The van der Waals surface area contributed by atoms with Gasteiger partial charge in [-0.2, -0.15) is 0 Å². The van der Waals surface area contributed by atoms with E-state index in [0.717, 1.165) is 22.2 Å². The fourth-order valence-electron chi connectivity index (χ4n) is 3.65. The highest BCUT2D eigenvalue weighted by atomic mass is 32.2. The van der Waals surface area contributed by atoms with E-state index in [2.05, 4.69) is 68.1 Å². The van der Waals surface area contributed by atoms with Gasteiger partial charge in [0, 0.05) is 15.0 Å². The minimum Gasteiger partial charge on any atom is -0.395 e. The molecule has 2 saturated heterocycles. The van der Waals surface area contributed by atoms with Crippen LogP contribution in [0.5, 0.6) is 0 Å². The van der Waals surface area contributed by atoms with Crippen LogP contribution in [0.25, 0.3) is 0 Å². The molecule has 4 rings (SSSR count). The molecule has 0 radical (unpaired) electrons. The Bertz CT molecular complexity index is 667. The minimum absolute atomic E-state index is 0.00814. The number of hydrogen-bond acceptors (Lipinski definition) is 6. The van der Waals surface area contributed by atoms with Gasteiger partial charge in [0.15, 0.2) is 0 Å². The van der Waals surface area contributed by atoms with Gasteiger partial charge in [-0.05, 0) is 49.4 Å². The number of aliphatic hydroxyl groups excluding tert-OH is 2. The van der Waals surface area contributed by atoms with Crippen molar-refractivity contribution in [3.63, 3.8) is 0 Å². The molecule has 0 aromatic heterocycles. The Morgan fingerprint density at radius 1 is 0.833 bits per heavy atom. The summed E-state index contributed by atoms with van der Waals surface area (Å²) in [6.45, 7) is 4.77. The van der Waals surface area contributed by atoms with Gasteiger partial charge in [-0.15, -0.1) is 47.0 Å². The van der Waals surface area contributed by atoms with E-state index in [4.69, 9.17) is 5.11 Å². The Labute approximate surface area is 198 Å². The lowest BCUT2D eigenvalue weighted by atomic mass is 10.0. The number of rotatable bonds is 6. The van der Waals surface area contributed by atoms with Gasteiger partial charge in [-0.1, -0.05) is 50.2 Å². The van der Waals surface area contributed by atoms with Gasteiger partial charge in [0.2, 0.25) is 0 Å². The fourth-order valence-corrected chi connectivity index (χ4v) is 10.00. The van der Waals surface area contributed by atoms with Crippen molar-refractivity contribution in [1.29, 1.82) is 0 Å². The fraction of sp³-hybridized carbons (Fsp3) is 0.500. The molecule has 2 heterocycles. The molecule has 30 heavy (non-hydrogen) atoms. The molecule has 0 bridgehead atoms. The third kappa shape index (κ3) is 7.42.